The fourth-order valence-corrected chi connectivity index (χ4v) is 2.80. The van der Waals surface area contributed by atoms with E-state index in [1.807, 2.05) is 35.1 Å². The molecule has 1 atom stereocenters. The normalized spacial score (nSPS) is 18.7. The highest BCUT2D eigenvalue weighted by Gasteiger charge is 2.22. The van der Waals surface area contributed by atoms with Crippen molar-refractivity contribution >= 4 is 5.52 Å². The molecule has 0 fully saturated rings. The number of nitrogens with one attached hydrogen (secondary N) is 1. The second kappa shape index (κ2) is 3.93. The molecule has 1 aliphatic carbocycles. The van der Waals surface area contributed by atoms with Crippen LogP contribution in [0.4, 0.5) is 0 Å². The van der Waals surface area contributed by atoms with E-state index in [9.17, 15) is 0 Å². The molecule has 19 heavy (non-hydrogen) atoms. The first-order valence-electron chi connectivity index (χ1n) is 6.60. The van der Waals surface area contributed by atoms with Gasteiger partial charge in [0.05, 0.1) is 23.0 Å². The van der Waals surface area contributed by atoms with E-state index in [-0.39, 0.29) is 6.04 Å². The Morgan fingerprint density at radius 1 is 1.37 bits per heavy atom. The van der Waals surface area contributed by atoms with E-state index in [1.54, 1.807) is 0 Å². The van der Waals surface area contributed by atoms with E-state index in [0.717, 1.165) is 41.9 Å². The number of H-pyrrole nitrogens is 1. The predicted molar refractivity (Wildman–Crippen MR) is 72.6 cm³/mol. The number of aryl methyl sites for hydroxylation is 1. The number of hydrogen-bond acceptors (Lipinski definition) is 3. The summed E-state index contributed by atoms with van der Waals surface area (Å²) in [5.41, 5.74) is 10.4. The first kappa shape index (κ1) is 10.8. The number of imidazole rings is 1. The molecular formula is C14H15N5. The van der Waals surface area contributed by atoms with Gasteiger partial charge in [0, 0.05) is 17.9 Å². The zero-order chi connectivity index (χ0) is 12.8. The molecule has 0 saturated carbocycles. The van der Waals surface area contributed by atoms with Gasteiger partial charge in [0.1, 0.15) is 5.82 Å². The van der Waals surface area contributed by atoms with E-state index >= 15 is 0 Å². The summed E-state index contributed by atoms with van der Waals surface area (Å²) in [7, 11) is 0. The third-order valence-electron chi connectivity index (χ3n) is 3.79. The molecule has 3 aromatic rings. The molecule has 4 rings (SSSR count). The molecular weight excluding hydrogens is 238 g/mol. The Bertz CT molecular complexity index is 739. The lowest BCUT2D eigenvalue weighted by molar-refractivity contribution is 0.555. The maximum atomic E-state index is 6.12. The molecule has 3 N–H and O–H groups in total. The van der Waals surface area contributed by atoms with Crippen LogP contribution in [0.3, 0.4) is 0 Å². The SMILES string of the molecule is NC1CCCc2[nH]c(-c3cnn4ccccc34)nc21. The molecule has 3 heterocycles. The molecule has 0 radical (unpaired) electrons. The number of rotatable bonds is 1. The largest absolute Gasteiger partial charge is 0.341 e. The van der Waals surface area contributed by atoms with Gasteiger partial charge in [-0.05, 0) is 31.4 Å². The van der Waals surface area contributed by atoms with Gasteiger partial charge in [0.15, 0.2) is 0 Å². The fraction of sp³-hybridized carbons (Fsp3) is 0.286. The van der Waals surface area contributed by atoms with Crippen molar-refractivity contribution < 1.29 is 0 Å². The van der Waals surface area contributed by atoms with Crippen LogP contribution in [0, 0.1) is 0 Å². The number of aromatic nitrogens is 4. The summed E-state index contributed by atoms with van der Waals surface area (Å²) < 4.78 is 1.86. The van der Waals surface area contributed by atoms with Crippen molar-refractivity contribution in [1.82, 2.24) is 19.6 Å². The fourth-order valence-electron chi connectivity index (χ4n) is 2.80. The number of aromatic amines is 1. The van der Waals surface area contributed by atoms with Gasteiger partial charge in [-0.3, -0.25) is 0 Å². The summed E-state index contributed by atoms with van der Waals surface area (Å²) in [5.74, 6) is 0.878. The molecule has 0 amide bonds. The zero-order valence-corrected chi connectivity index (χ0v) is 10.5. The highest BCUT2D eigenvalue weighted by Crippen LogP contribution is 2.30. The summed E-state index contributed by atoms with van der Waals surface area (Å²) in [5, 5.41) is 4.35. The average Bonchev–Trinajstić information content (AvgIpc) is 3.02. The Labute approximate surface area is 110 Å². The van der Waals surface area contributed by atoms with Gasteiger partial charge >= 0.3 is 0 Å². The Kier molecular flexibility index (Phi) is 2.22. The van der Waals surface area contributed by atoms with Gasteiger partial charge in [-0.1, -0.05) is 6.07 Å². The summed E-state index contributed by atoms with van der Waals surface area (Å²) in [4.78, 5) is 8.10. The van der Waals surface area contributed by atoms with Crippen LogP contribution < -0.4 is 5.73 Å². The van der Waals surface area contributed by atoms with Crippen LogP contribution in [-0.2, 0) is 6.42 Å². The first-order valence-corrected chi connectivity index (χ1v) is 6.60. The molecule has 0 aliphatic heterocycles. The van der Waals surface area contributed by atoms with Crippen LogP contribution >= 0.6 is 0 Å². The lowest BCUT2D eigenvalue weighted by Crippen LogP contribution is -2.17. The minimum Gasteiger partial charge on any atom is -0.341 e. The standard InChI is InChI=1S/C14H15N5/c15-10-4-3-5-11-13(10)18-14(17-11)9-8-16-19-7-2-1-6-12(9)19/h1-2,6-8,10H,3-5,15H2,(H,17,18). The van der Waals surface area contributed by atoms with Crippen molar-refractivity contribution in [3.63, 3.8) is 0 Å². The van der Waals surface area contributed by atoms with Crippen molar-refractivity contribution in [3.05, 3.63) is 42.0 Å². The molecule has 5 heteroatoms. The Balaban J connectivity index is 1.89. The van der Waals surface area contributed by atoms with Crippen molar-refractivity contribution in [2.75, 3.05) is 0 Å². The molecule has 96 valence electrons. The quantitative estimate of drug-likeness (QED) is 0.697. The lowest BCUT2D eigenvalue weighted by Gasteiger charge is -2.15. The topological polar surface area (TPSA) is 72.0 Å². The van der Waals surface area contributed by atoms with Gasteiger partial charge in [0.2, 0.25) is 0 Å². The average molecular weight is 253 g/mol. The summed E-state index contributed by atoms with van der Waals surface area (Å²) in [6, 6.07) is 6.08. The predicted octanol–water partition coefficient (Wildman–Crippen LogP) is 2.06. The smallest absolute Gasteiger partial charge is 0.141 e. The minimum absolute atomic E-state index is 0.0654. The number of fused-ring (bicyclic) bond motifs is 2. The van der Waals surface area contributed by atoms with Gasteiger partial charge in [0.25, 0.3) is 0 Å². The third kappa shape index (κ3) is 1.58. The Morgan fingerprint density at radius 2 is 2.32 bits per heavy atom. The summed E-state index contributed by atoms with van der Waals surface area (Å²) in [6.45, 7) is 0. The van der Waals surface area contributed by atoms with Crippen LogP contribution in [0.1, 0.15) is 30.3 Å². The minimum atomic E-state index is 0.0654. The highest BCUT2D eigenvalue weighted by atomic mass is 15.2. The van der Waals surface area contributed by atoms with Gasteiger partial charge < -0.3 is 10.7 Å². The summed E-state index contributed by atoms with van der Waals surface area (Å²) in [6.07, 6.45) is 6.98. The Hall–Kier alpha value is -2.14. The molecule has 0 saturated heterocycles. The molecule has 0 spiro atoms. The van der Waals surface area contributed by atoms with Crippen molar-refractivity contribution in [2.24, 2.45) is 5.73 Å². The number of nitrogens with zero attached hydrogens (tertiary/aromatic N) is 3. The van der Waals surface area contributed by atoms with Crippen molar-refractivity contribution in [3.8, 4) is 11.4 Å². The molecule has 1 unspecified atom stereocenters. The third-order valence-corrected chi connectivity index (χ3v) is 3.79. The van der Waals surface area contributed by atoms with Gasteiger partial charge in [-0.15, -0.1) is 0 Å². The Morgan fingerprint density at radius 3 is 3.21 bits per heavy atom. The van der Waals surface area contributed by atoms with Crippen LogP contribution in [0.25, 0.3) is 16.9 Å². The molecule has 1 aliphatic rings. The molecule has 5 nitrogen and oxygen atoms in total. The van der Waals surface area contributed by atoms with Crippen LogP contribution in [-0.4, -0.2) is 19.6 Å². The zero-order valence-electron chi connectivity index (χ0n) is 10.5. The highest BCUT2D eigenvalue weighted by molar-refractivity contribution is 5.75. The molecule has 3 aromatic heterocycles. The van der Waals surface area contributed by atoms with Crippen molar-refractivity contribution in [1.29, 1.82) is 0 Å². The van der Waals surface area contributed by atoms with E-state index in [1.165, 1.54) is 5.69 Å². The second-order valence-corrected chi connectivity index (χ2v) is 5.04. The maximum Gasteiger partial charge on any atom is 0.141 e. The lowest BCUT2D eigenvalue weighted by atomic mass is 9.97. The number of pyridine rings is 1. The van der Waals surface area contributed by atoms with Gasteiger partial charge in [-0.2, -0.15) is 5.10 Å². The number of nitrogens with two attached hydrogens (primary N) is 1. The van der Waals surface area contributed by atoms with Crippen LogP contribution in [0.15, 0.2) is 30.6 Å². The second-order valence-electron chi connectivity index (χ2n) is 5.04. The van der Waals surface area contributed by atoms with E-state index < -0.39 is 0 Å². The van der Waals surface area contributed by atoms with Crippen LogP contribution in [0.5, 0.6) is 0 Å². The van der Waals surface area contributed by atoms with Crippen molar-refractivity contribution in [2.45, 2.75) is 25.3 Å². The van der Waals surface area contributed by atoms with Crippen LogP contribution in [0.2, 0.25) is 0 Å². The van der Waals surface area contributed by atoms with E-state index in [0.29, 0.717) is 0 Å². The monoisotopic (exact) mass is 253 g/mol. The molecule has 0 bridgehead atoms. The first-order chi connectivity index (χ1) is 9.33. The summed E-state index contributed by atoms with van der Waals surface area (Å²) >= 11 is 0. The maximum absolute atomic E-state index is 6.12. The van der Waals surface area contributed by atoms with Gasteiger partial charge in [-0.25, -0.2) is 9.50 Å². The van der Waals surface area contributed by atoms with E-state index in [4.69, 9.17) is 10.7 Å². The van der Waals surface area contributed by atoms with E-state index in [2.05, 4.69) is 10.1 Å². The molecule has 0 aromatic carbocycles. The number of hydrogen-bond donors (Lipinski definition) is 2.